The number of likely N-dealkylation sites (tertiary alicyclic amines) is 1. The van der Waals surface area contributed by atoms with Gasteiger partial charge in [-0.25, -0.2) is 4.98 Å². The van der Waals surface area contributed by atoms with E-state index >= 15 is 0 Å². The van der Waals surface area contributed by atoms with Crippen molar-refractivity contribution < 1.29 is 14.7 Å². The molecule has 0 bridgehead atoms. The number of phenols is 1. The summed E-state index contributed by atoms with van der Waals surface area (Å²) in [5, 5.41) is 13.3. The summed E-state index contributed by atoms with van der Waals surface area (Å²) in [5.74, 6) is 0.656. The molecule has 7 heteroatoms. The largest absolute Gasteiger partial charge is 0.507 e. The maximum atomic E-state index is 13.2. The van der Waals surface area contributed by atoms with Crippen LogP contribution in [0.1, 0.15) is 25.1 Å². The molecule has 3 aromatic carbocycles. The number of nitrogens with one attached hydrogen (secondary N) is 2. The molecule has 0 aliphatic carbocycles. The van der Waals surface area contributed by atoms with E-state index in [9.17, 15) is 14.7 Å². The number of hydrogen-bond donors (Lipinski definition) is 3. The van der Waals surface area contributed by atoms with Gasteiger partial charge < -0.3 is 20.3 Å². The van der Waals surface area contributed by atoms with Crippen LogP contribution in [0.4, 0.5) is 5.69 Å². The number of para-hydroxylation sites is 4. The Kier molecular flexibility index (Phi) is 5.99. The highest BCUT2D eigenvalue weighted by Crippen LogP contribution is 2.34. The maximum absolute atomic E-state index is 13.2. The van der Waals surface area contributed by atoms with E-state index in [2.05, 4.69) is 15.3 Å². The van der Waals surface area contributed by atoms with Crippen LogP contribution < -0.4 is 5.32 Å². The SMILES string of the molecule is O=C(Nc1ccccc1-c1ccccc1O)[C@@H]1CCCN1C(=O)CCc1nc2ccccc2[nH]1. The first kappa shape index (κ1) is 21.7. The molecule has 1 aliphatic heterocycles. The van der Waals surface area contributed by atoms with Crippen molar-refractivity contribution in [3.05, 3.63) is 78.6 Å². The molecule has 0 saturated carbocycles. The van der Waals surface area contributed by atoms with Gasteiger partial charge in [0.05, 0.1) is 11.0 Å². The number of aromatic hydroxyl groups is 1. The molecule has 2 heterocycles. The quantitative estimate of drug-likeness (QED) is 0.400. The van der Waals surface area contributed by atoms with Gasteiger partial charge in [0, 0.05) is 36.2 Å². The first-order valence-electron chi connectivity index (χ1n) is 11.5. The van der Waals surface area contributed by atoms with Crippen LogP contribution in [-0.4, -0.2) is 44.4 Å². The van der Waals surface area contributed by atoms with Crippen molar-refractivity contribution in [1.29, 1.82) is 0 Å². The molecule has 1 fully saturated rings. The molecule has 0 radical (unpaired) electrons. The summed E-state index contributed by atoms with van der Waals surface area (Å²) in [5.41, 5.74) is 3.81. The number of aromatic nitrogens is 2. The number of rotatable bonds is 6. The number of aromatic amines is 1. The van der Waals surface area contributed by atoms with E-state index < -0.39 is 6.04 Å². The van der Waals surface area contributed by atoms with Gasteiger partial charge in [0.1, 0.15) is 17.6 Å². The zero-order valence-corrected chi connectivity index (χ0v) is 18.7. The lowest BCUT2D eigenvalue weighted by molar-refractivity contribution is -0.136. The lowest BCUT2D eigenvalue weighted by atomic mass is 10.0. The number of fused-ring (bicyclic) bond motifs is 1. The van der Waals surface area contributed by atoms with Gasteiger partial charge in [-0.05, 0) is 37.1 Å². The van der Waals surface area contributed by atoms with E-state index in [1.807, 2.05) is 60.7 Å². The van der Waals surface area contributed by atoms with Crippen molar-refractivity contribution >= 4 is 28.5 Å². The second-order valence-corrected chi connectivity index (χ2v) is 8.50. The minimum absolute atomic E-state index is 0.0490. The molecular weight excluding hydrogens is 428 g/mol. The summed E-state index contributed by atoms with van der Waals surface area (Å²) in [6.45, 7) is 0.568. The second-order valence-electron chi connectivity index (χ2n) is 8.50. The van der Waals surface area contributed by atoms with Crippen molar-refractivity contribution in [3.63, 3.8) is 0 Å². The van der Waals surface area contributed by atoms with Gasteiger partial charge in [-0.2, -0.15) is 0 Å². The molecule has 172 valence electrons. The fraction of sp³-hybridized carbons (Fsp3) is 0.222. The predicted octanol–water partition coefficient (Wildman–Crippen LogP) is 4.50. The van der Waals surface area contributed by atoms with Crippen LogP contribution in [0.5, 0.6) is 5.75 Å². The van der Waals surface area contributed by atoms with Gasteiger partial charge in [0.15, 0.2) is 0 Å². The minimum atomic E-state index is -0.513. The summed E-state index contributed by atoms with van der Waals surface area (Å²) in [4.78, 5) is 35.7. The average Bonchev–Trinajstić information content (AvgIpc) is 3.50. The third kappa shape index (κ3) is 4.37. The smallest absolute Gasteiger partial charge is 0.247 e. The Labute approximate surface area is 197 Å². The topological polar surface area (TPSA) is 98.3 Å². The summed E-state index contributed by atoms with van der Waals surface area (Å²) in [6, 6.07) is 21.6. The Morgan fingerprint density at radius 3 is 2.56 bits per heavy atom. The van der Waals surface area contributed by atoms with Crippen molar-refractivity contribution in [2.75, 3.05) is 11.9 Å². The highest BCUT2D eigenvalue weighted by Gasteiger charge is 2.34. The molecule has 4 aromatic rings. The summed E-state index contributed by atoms with van der Waals surface area (Å²) in [7, 11) is 0. The van der Waals surface area contributed by atoms with Crippen molar-refractivity contribution in [1.82, 2.24) is 14.9 Å². The number of imidazole rings is 1. The van der Waals surface area contributed by atoms with Crippen LogP contribution >= 0.6 is 0 Å². The normalized spacial score (nSPS) is 15.5. The molecule has 1 saturated heterocycles. The van der Waals surface area contributed by atoms with Gasteiger partial charge in [0.2, 0.25) is 11.8 Å². The van der Waals surface area contributed by atoms with Crippen LogP contribution in [0, 0.1) is 0 Å². The van der Waals surface area contributed by atoms with Crippen molar-refractivity contribution in [2.24, 2.45) is 0 Å². The Morgan fingerprint density at radius 2 is 1.74 bits per heavy atom. The lowest BCUT2D eigenvalue weighted by Crippen LogP contribution is -2.43. The Balaban J connectivity index is 1.27. The van der Waals surface area contributed by atoms with Gasteiger partial charge in [-0.15, -0.1) is 0 Å². The maximum Gasteiger partial charge on any atom is 0.247 e. The first-order valence-corrected chi connectivity index (χ1v) is 11.5. The Morgan fingerprint density at radius 1 is 1.00 bits per heavy atom. The number of carbonyl (C=O) groups excluding carboxylic acids is 2. The van der Waals surface area contributed by atoms with E-state index in [0.29, 0.717) is 30.6 Å². The average molecular weight is 455 g/mol. The molecule has 3 N–H and O–H groups in total. The number of phenolic OH excluding ortho intramolecular Hbond substituents is 1. The Hall–Kier alpha value is -4.13. The van der Waals surface area contributed by atoms with Gasteiger partial charge >= 0.3 is 0 Å². The number of aryl methyl sites for hydroxylation is 1. The highest BCUT2D eigenvalue weighted by molar-refractivity contribution is 6.00. The zero-order valence-electron chi connectivity index (χ0n) is 18.7. The number of hydrogen-bond acceptors (Lipinski definition) is 4. The van der Waals surface area contributed by atoms with E-state index in [0.717, 1.165) is 28.8 Å². The third-order valence-electron chi connectivity index (χ3n) is 6.27. The predicted molar refractivity (Wildman–Crippen MR) is 131 cm³/mol. The fourth-order valence-electron chi connectivity index (χ4n) is 4.58. The van der Waals surface area contributed by atoms with E-state index in [-0.39, 0.29) is 24.0 Å². The molecule has 1 atom stereocenters. The molecule has 2 amide bonds. The van der Waals surface area contributed by atoms with E-state index in [1.165, 1.54) is 0 Å². The third-order valence-corrected chi connectivity index (χ3v) is 6.27. The summed E-state index contributed by atoms with van der Waals surface area (Å²) < 4.78 is 0. The van der Waals surface area contributed by atoms with Crippen LogP contribution in [-0.2, 0) is 16.0 Å². The van der Waals surface area contributed by atoms with E-state index in [1.54, 1.807) is 17.0 Å². The minimum Gasteiger partial charge on any atom is -0.507 e. The van der Waals surface area contributed by atoms with Gasteiger partial charge in [-0.3, -0.25) is 9.59 Å². The van der Waals surface area contributed by atoms with Crippen LogP contribution in [0.3, 0.4) is 0 Å². The number of benzene rings is 3. The van der Waals surface area contributed by atoms with Crippen LogP contribution in [0.25, 0.3) is 22.2 Å². The highest BCUT2D eigenvalue weighted by atomic mass is 16.3. The number of nitrogens with zero attached hydrogens (tertiary/aromatic N) is 2. The summed E-state index contributed by atoms with van der Waals surface area (Å²) >= 11 is 0. The molecule has 34 heavy (non-hydrogen) atoms. The van der Waals surface area contributed by atoms with E-state index in [4.69, 9.17) is 0 Å². The van der Waals surface area contributed by atoms with Crippen LogP contribution in [0.15, 0.2) is 72.8 Å². The molecular formula is C27H26N4O3. The van der Waals surface area contributed by atoms with Crippen molar-refractivity contribution in [2.45, 2.75) is 31.7 Å². The zero-order chi connectivity index (χ0) is 23.5. The van der Waals surface area contributed by atoms with Crippen molar-refractivity contribution in [3.8, 4) is 16.9 Å². The molecule has 5 rings (SSSR count). The van der Waals surface area contributed by atoms with Crippen LogP contribution in [0.2, 0.25) is 0 Å². The number of H-pyrrole nitrogens is 1. The fourth-order valence-corrected chi connectivity index (χ4v) is 4.58. The molecule has 0 unspecified atom stereocenters. The molecule has 7 nitrogen and oxygen atoms in total. The molecule has 0 spiro atoms. The number of carbonyl (C=O) groups is 2. The second kappa shape index (κ2) is 9.39. The number of amides is 2. The summed E-state index contributed by atoms with van der Waals surface area (Å²) in [6.07, 6.45) is 2.20. The molecule has 1 aromatic heterocycles. The Bertz CT molecular complexity index is 1310. The van der Waals surface area contributed by atoms with Gasteiger partial charge in [0.25, 0.3) is 0 Å². The lowest BCUT2D eigenvalue weighted by Gasteiger charge is -2.24. The number of anilines is 1. The first-order chi connectivity index (χ1) is 16.6. The molecule has 1 aliphatic rings. The standard InChI is InChI=1S/C27H26N4O3/c32-24-14-6-2-9-19(24)18-8-1-3-10-20(18)30-27(34)23-13-7-17-31(23)26(33)16-15-25-28-21-11-4-5-12-22(21)29-25/h1-6,8-12,14,23,32H,7,13,15-17H2,(H,28,29)(H,30,34)/t23-/m0/s1. The monoisotopic (exact) mass is 454 g/mol. The van der Waals surface area contributed by atoms with Gasteiger partial charge in [-0.1, -0.05) is 48.5 Å².